The topological polar surface area (TPSA) is 0 Å². The molecule has 0 aromatic carbocycles. The van der Waals surface area contributed by atoms with Gasteiger partial charge >= 0.3 is 0 Å². The van der Waals surface area contributed by atoms with Gasteiger partial charge in [0.25, 0.3) is 0 Å². The molecule has 178 valence electrons. The van der Waals surface area contributed by atoms with Crippen LogP contribution >= 0.6 is 15.9 Å². The zero-order valence-electron chi connectivity index (χ0n) is 20.7. The van der Waals surface area contributed by atoms with E-state index in [-0.39, 0.29) is 12.4 Å². The molecular formula is C26H57ClP2. The molecular weight excluding hydrogens is 410 g/mol. The average Bonchev–Trinajstić information content (AvgIpc) is 2.70. The van der Waals surface area contributed by atoms with Crippen LogP contribution < -0.4 is 12.4 Å². The number of halogens is 1. The van der Waals surface area contributed by atoms with E-state index in [9.17, 15) is 0 Å². The molecule has 0 nitrogen and oxygen atoms in total. The van der Waals surface area contributed by atoms with Crippen molar-refractivity contribution < 1.29 is 12.4 Å². The lowest BCUT2D eigenvalue weighted by molar-refractivity contribution is -0.00000625. The normalized spacial score (nSPS) is 11.6. The number of rotatable bonds is 23. The lowest BCUT2D eigenvalue weighted by atomic mass is 10.1. The van der Waals surface area contributed by atoms with Crippen LogP contribution in [0.25, 0.3) is 0 Å². The quantitative estimate of drug-likeness (QED) is 0.107. The summed E-state index contributed by atoms with van der Waals surface area (Å²) in [5.74, 6) is 0. The maximum atomic E-state index is 3.44. The van der Waals surface area contributed by atoms with Crippen molar-refractivity contribution in [1.29, 1.82) is 0 Å². The third kappa shape index (κ3) is 23.6. The van der Waals surface area contributed by atoms with E-state index in [0.717, 1.165) is 0 Å². The van der Waals surface area contributed by atoms with Crippen molar-refractivity contribution in [2.75, 3.05) is 18.5 Å². The molecule has 1 atom stereocenters. The molecule has 0 rings (SSSR count). The van der Waals surface area contributed by atoms with E-state index in [0.29, 0.717) is 0 Å². The predicted molar refractivity (Wildman–Crippen MR) is 141 cm³/mol. The first-order chi connectivity index (χ1) is 13.7. The molecule has 0 spiro atoms. The highest BCUT2D eigenvalue weighted by Crippen LogP contribution is 2.68. The molecule has 0 aliphatic heterocycles. The summed E-state index contributed by atoms with van der Waals surface area (Å²) >= 11 is 0. The average molecular weight is 467 g/mol. The largest absolute Gasteiger partial charge is 1.00 e. The summed E-state index contributed by atoms with van der Waals surface area (Å²) in [5.41, 5.74) is 0. The fourth-order valence-corrected chi connectivity index (χ4v) is 9.18. The van der Waals surface area contributed by atoms with E-state index < -0.39 is 6.95 Å². The summed E-state index contributed by atoms with van der Waals surface area (Å²) in [6, 6.07) is 0. The zero-order valence-corrected chi connectivity index (χ0v) is 23.5. The Morgan fingerprint density at radius 3 is 0.862 bits per heavy atom. The van der Waals surface area contributed by atoms with Gasteiger partial charge in [0.05, 0.1) is 18.5 Å². The summed E-state index contributed by atoms with van der Waals surface area (Å²) in [7, 11) is 3.44. The molecule has 0 amide bonds. The second-order valence-corrected chi connectivity index (χ2v) is 16.5. The third-order valence-electron chi connectivity index (χ3n) is 6.37. The Bertz CT molecular complexity index is 284. The zero-order chi connectivity index (χ0) is 20.8. The summed E-state index contributed by atoms with van der Waals surface area (Å²) in [6.45, 7) is 6.26. The van der Waals surface area contributed by atoms with Gasteiger partial charge in [-0.1, -0.05) is 111 Å². The summed E-state index contributed by atoms with van der Waals surface area (Å²) in [4.78, 5) is 0. The number of hydrogen-bond donors (Lipinski definition) is 0. The second-order valence-electron chi connectivity index (χ2n) is 9.40. The smallest absolute Gasteiger partial charge is 0.0611 e. The lowest BCUT2D eigenvalue weighted by Gasteiger charge is -2.23. The van der Waals surface area contributed by atoms with Crippen LogP contribution in [0.4, 0.5) is 0 Å². The van der Waals surface area contributed by atoms with Crippen LogP contribution in [0.15, 0.2) is 0 Å². The summed E-state index contributed by atoms with van der Waals surface area (Å²) in [5, 5.41) is 0. The van der Waals surface area contributed by atoms with E-state index in [1.807, 2.05) is 0 Å². The molecule has 29 heavy (non-hydrogen) atoms. The molecule has 0 N–H and O–H groups in total. The molecule has 0 aromatic heterocycles. The van der Waals surface area contributed by atoms with E-state index in [1.165, 1.54) is 128 Å². The maximum Gasteiger partial charge on any atom is 0.0611 e. The minimum atomic E-state index is -0.713. The van der Waals surface area contributed by atoms with E-state index in [4.69, 9.17) is 0 Å². The minimum absolute atomic E-state index is 0. The van der Waals surface area contributed by atoms with Gasteiger partial charge in [0, 0.05) is 15.9 Å². The van der Waals surface area contributed by atoms with Gasteiger partial charge in [-0.15, -0.1) is 0 Å². The lowest BCUT2D eigenvalue weighted by Crippen LogP contribution is -3.00. The van der Waals surface area contributed by atoms with Gasteiger partial charge in [0.15, 0.2) is 0 Å². The van der Waals surface area contributed by atoms with Crippen LogP contribution in [0.2, 0.25) is 0 Å². The van der Waals surface area contributed by atoms with Gasteiger partial charge in [-0.05, 0) is 38.5 Å². The van der Waals surface area contributed by atoms with Crippen molar-refractivity contribution in [3.63, 3.8) is 0 Å². The van der Waals surface area contributed by atoms with Gasteiger partial charge in [-0.2, -0.15) is 0 Å². The van der Waals surface area contributed by atoms with Crippen LogP contribution in [-0.4, -0.2) is 18.5 Å². The molecule has 3 heteroatoms. The van der Waals surface area contributed by atoms with Gasteiger partial charge in [-0.25, -0.2) is 0 Å². The Balaban J connectivity index is 0. The first kappa shape index (κ1) is 32.3. The van der Waals surface area contributed by atoms with Crippen molar-refractivity contribution in [2.24, 2.45) is 0 Å². The molecule has 0 bridgehead atoms. The van der Waals surface area contributed by atoms with E-state index in [1.54, 1.807) is 18.5 Å². The van der Waals surface area contributed by atoms with Gasteiger partial charge in [-0.3, -0.25) is 0 Å². The predicted octanol–water partition coefficient (Wildman–Crippen LogP) is 7.66. The number of hydrogen-bond acceptors (Lipinski definition) is 0. The first-order valence-electron chi connectivity index (χ1n) is 13.3. The van der Waals surface area contributed by atoms with Gasteiger partial charge < -0.3 is 12.4 Å². The molecule has 0 saturated carbocycles. The van der Waals surface area contributed by atoms with Crippen LogP contribution in [0.3, 0.4) is 0 Å². The molecule has 0 aliphatic carbocycles. The van der Waals surface area contributed by atoms with Crippen molar-refractivity contribution in [1.82, 2.24) is 0 Å². The third-order valence-corrected chi connectivity index (χ3v) is 12.3. The Hall–Kier alpha value is 1.15. The number of unbranched alkanes of at least 4 members (excludes halogenated alkanes) is 17. The summed E-state index contributed by atoms with van der Waals surface area (Å²) in [6.07, 6.45) is 33.9. The molecule has 1 unspecified atom stereocenters. The van der Waals surface area contributed by atoms with Crippen molar-refractivity contribution in [3.05, 3.63) is 0 Å². The standard InChI is InChI=1S/C26H57P2.ClH/c1-4-7-10-13-14-15-16-17-18-19-20-23-26-28(27,24-21-11-8-5-2)25-22-12-9-6-3;/h4-27H2,1-3H3;1H/q+1;/p-1. The summed E-state index contributed by atoms with van der Waals surface area (Å²) < 4.78 is 0. The Labute approximate surface area is 195 Å². The van der Waals surface area contributed by atoms with Crippen LogP contribution in [0.5, 0.6) is 0 Å². The first-order valence-corrected chi connectivity index (χ1v) is 17.3. The minimum Gasteiger partial charge on any atom is -1.00 e. The Morgan fingerprint density at radius 2 is 0.586 bits per heavy atom. The van der Waals surface area contributed by atoms with E-state index >= 15 is 0 Å². The SMILES string of the molecule is CCCCCCCCCCCCCC[P+](P)(CCCCCC)CCCCCC.[Cl-]. The molecule has 0 radical (unpaired) electrons. The van der Waals surface area contributed by atoms with Crippen LogP contribution in [0.1, 0.15) is 149 Å². The fourth-order valence-electron chi connectivity index (χ4n) is 4.31. The Kier molecular flexibility index (Phi) is 28.3. The molecule has 0 aliphatic rings. The molecule has 0 fully saturated rings. The highest BCUT2D eigenvalue weighted by molar-refractivity contribution is 8.24. The fraction of sp³-hybridized carbons (Fsp3) is 1.00. The maximum absolute atomic E-state index is 3.44. The van der Waals surface area contributed by atoms with Crippen molar-refractivity contribution in [3.8, 4) is 0 Å². The highest BCUT2D eigenvalue weighted by Gasteiger charge is 2.29. The molecule has 0 heterocycles. The van der Waals surface area contributed by atoms with Gasteiger partial charge in [0.1, 0.15) is 0 Å². The van der Waals surface area contributed by atoms with Crippen molar-refractivity contribution in [2.45, 2.75) is 149 Å². The van der Waals surface area contributed by atoms with Crippen molar-refractivity contribution >= 4 is 15.9 Å². The molecule has 0 saturated heterocycles. The Morgan fingerprint density at radius 1 is 0.379 bits per heavy atom. The molecule has 0 aromatic rings. The van der Waals surface area contributed by atoms with E-state index in [2.05, 4.69) is 29.7 Å². The van der Waals surface area contributed by atoms with Gasteiger partial charge in [0.2, 0.25) is 0 Å². The monoisotopic (exact) mass is 466 g/mol. The highest BCUT2D eigenvalue weighted by atomic mass is 35.5. The second kappa shape index (κ2) is 25.4. The van der Waals surface area contributed by atoms with Crippen LogP contribution in [-0.2, 0) is 0 Å². The van der Waals surface area contributed by atoms with Crippen LogP contribution in [0, 0.1) is 0 Å².